The van der Waals surface area contributed by atoms with E-state index in [4.69, 9.17) is 9.47 Å². The fraction of sp³-hybridized carbons (Fsp3) is 0.562. The maximum Gasteiger partial charge on any atom is 0.252 e. The SMILES string of the molecule is COc1cccc(C(C)NC(=O)C2(OC)CCNCC2)c1.Cl. The van der Waals surface area contributed by atoms with Gasteiger partial charge >= 0.3 is 0 Å². The minimum atomic E-state index is -0.710. The number of carbonyl (C=O) groups excluding carboxylic acids is 1. The molecule has 1 fully saturated rings. The van der Waals surface area contributed by atoms with Crippen LogP contribution in [0.2, 0.25) is 0 Å². The fourth-order valence-corrected chi connectivity index (χ4v) is 2.68. The lowest BCUT2D eigenvalue weighted by molar-refractivity contribution is -0.147. The van der Waals surface area contributed by atoms with Crippen LogP contribution in [0.3, 0.4) is 0 Å². The van der Waals surface area contributed by atoms with E-state index in [1.165, 1.54) is 0 Å². The van der Waals surface area contributed by atoms with Crippen LogP contribution in [0.5, 0.6) is 5.75 Å². The molecule has 5 nitrogen and oxygen atoms in total. The molecule has 6 heteroatoms. The summed E-state index contributed by atoms with van der Waals surface area (Å²) in [6, 6.07) is 7.64. The Bertz CT molecular complexity index is 490. The van der Waals surface area contributed by atoms with E-state index in [1.807, 2.05) is 31.2 Å². The van der Waals surface area contributed by atoms with E-state index in [-0.39, 0.29) is 24.4 Å². The van der Waals surface area contributed by atoms with Gasteiger partial charge in [0.15, 0.2) is 0 Å². The summed E-state index contributed by atoms with van der Waals surface area (Å²) in [4.78, 5) is 12.6. The smallest absolute Gasteiger partial charge is 0.252 e. The van der Waals surface area contributed by atoms with Crippen molar-refractivity contribution < 1.29 is 14.3 Å². The van der Waals surface area contributed by atoms with E-state index in [0.717, 1.165) is 24.4 Å². The highest BCUT2D eigenvalue weighted by molar-refractivity contribution is 5.86. The summed E-state index contributed by atoms with van der Waals surface area (Å²) >= 11 is 0. The molecule has 0 bridgehead atoms. The molecule has 0 radical (unpaired) electrons. The highest BCUT2D eigenvalue weighted by Crippen LogP contribution is 2.25. The normalized spacial score (nSPS) is 18.0. The van der Waals surface area contributed by atoms with Crippen molar-refractivity contribution in [1.82, 2.24) is 10.6 Å². The molecular formula is C16H25ClN2O3. The van der Waals surface area contributed by atoms with Gasteiger partial charge in [-0.3, -0.25) is 4.79 Å². The third-order valence-electron chi connectivity index (χ3n) is 4.16. The Balaban J connectivity index is 0.00000242. The molecule has 0 spiro atoms. The molecule has 0 aliphatic carbocycles. The first-order valence-corrected chi connectivity index (χ1v) is 7.32. The number of halogens is 1. The standard InChI is InChI=1S/C16H24N2O3.ClH/c1-12(13-5-4-6-14(11-13)20-2)18-15(19)16(21-3)7-9-17-10-8-16;/h4-6,11-12,17H,7-10H2,1-3H3,(H,18,19);1H. The van der Waals surface area contributed by atoms with E-state index in [2.05, 4.69) is 10.6 Å². The van der Waals surface area contributed by atoms with Crippen molar-refractivity contribution in [3.05, 3.63) is 29.8 Å². The molecule has 1 unspecified atom stereocenters. The van der Waals surface area contributed by atoms with E-state index in [9.17, 15) is 4.79 Å². The predicted octanol–water partition coefficient (Wildman–Crippen LogP) is 2.06. The number of carbonyl (C=O) groups is 1. The minimum absolute atomic E-state index is 0. The molecule has 1 aliphatic heterocycles. The molecule has 1 heterocycles. The van der Waals surface area contributed by atoms with Crippen LogP contribution in [0.25, 0.3) is 0 Å². The first-order chi connectivity index (χ1) is 10.1. The predicted molar refractivity (Wildman–Crippen MR) is 88.6 cm³/mol. The number of amides is 1. The molecule has 1 aliphatic rings. The van der Waals surface area contributed by atoms with Crippen LogP contribution in [0.4, 0.5) is 0 Å². The number of methoxy groups -OCH3 is 2. The van der Waals surface area contributed by atoms with Gasteiger partial charge in [-0.25, -0.2) is 0 Å². The van der Waals surface area contributed by atoms with Gasteiger partial charge in [0.1, 0.15) is 11.4 Å². The summed E-state index contributed by atoms with van der Waals surface area (Å²) in [5.41, 5.74) is 0.307. The Morgan fingerprint density at radius 1 is 1.32 bits per heavy atom. The molecule has 1 amide bonds. The van der Waals surface area contributed by atoms with Gasteiger partial charge < -0.3 is 20.1 Å². The molecule has 1 aromatic rings. The Kier molecular flexibility index (Phi) is 7.13. The monoisotopic (exact) mass is 328 g/mol. The highest BCUT2D eigenvalue weighted by atomic mass is 35.5. The molecule has 22 heavy (non-hydrogen) atoms. The summed E-state index contributed by atoms with van der Waals surface area (Å²) in [6.45, 7) is 3.57. The Hall–Kier alpha value is -1.30. The Morgan fingerprint density at radius 2 is 2.00 bits per heavy atom. The van der Waals surface area contributed by atoms with Crippen LogP contribution in [-0.4, -0.2) is 38.8 Å². The quantitative estimate of drug-likeness (QED) is 0.868. The van der Waals surface area contributed by atoms with Crippen LogP contribution in [0.1, 0.15) is 31.4 Å². The summed E-state index contributed by atoms with van der Waals surface area (Å²) in [7, 11) is 3.25. The number of benzene rings is 1. The molecule has 0 aromatic heterocycles. The van der Waals surface area contributed by atoms with Gasteiger partial charge in [-0.15, -0.1) is 12.4 Å². The average molecular weight is 329 g/mol. The number of rotatable bonds is 5. The molecule has 1 saturated heterocycles. The second-order valence-corrected chi connectivity index (χ2v) is 5.42. The summed E-state index contributed by atoms with van der Waals surface area (Å²) in [5, 5.41) is 6.31. The van der Waals surface area contributed by atoms with Crippen molar-refractivity contribution in [3.8, 4) is 5.75 Å². The lowest BCUT2D eigenvalue weighted by Crippen LogP contribution is -2.54. The largest absolute Gasteiger partial charge is 0.497 e. The van der Waals surface area contributed by atoms with Gasteiger partial charge in [0.05, 0.1) is 13.2 Å². The number of hydrogen-bond donors (Lipinski definition) is 2. The molecule has 2 rings (SSSR count). The van der Waals surface area contributed by atoms with E-state index in [0.29, 0.717) is 12.8 Å². The Morgan fingerprint density at radius 3 is 2.59 bits per heavy atom. The topological polar surface area (TPSA) is 59.6 Å². The fourth-order valence-electron chi connectivity index (χ4n) is 2.68. The number of ether oxygens (including phenoxy) is 2. The maximum atomic E-state index is 12.6. The van der Waals surface area contributed by atoms with E-state index in [1.54, 1.807) is 14.2 Å². The molecule has 124 valence electrons. The second-order valence-electron chi connectivity index (χ2n) is 5.42. The van der Waals surface area contributed by atoms with E-state index >= 15 is 0 Å². The third-order valence-corrected chi connectivity index (χ3v) is 4.16. The van der Waals surface area contributed by atoms with Crippen LogP contribution in [0, 0.1) is 0 Å². The average Bonchev–Trinajstić information content (AvgIpc) is 2.55. The first kappa shape index (κ1) is 18.7. The number of nitrogens with one attached hydrogen (secondary N) is 2. The van der Waals surface area contributed by atoms with Crippen molar-refractivity contribution in [2.24, 2.45) is 0 Å². The zero-order chi connectivity index (χ0) is 15.3. The molecule has 0 saturated carbocycles. The molecule has 1 aromatic carbocycles. The van der Waals surface area contributed by atoms with Crippen LogP contribution < -0.4 is 15.4 Å². The third kappa shape index (κ3) is 4.12. The Labute approximate surface area is 138 Å². The van der Waals surface area contributed by atoms with Crippen molar-refractivity contribution in [2.75, 3.05) is 27.3 Å². The van der Waals surface area contributed by atoms with Crippen molar-refractivity contribution in [2.45, 2.75) is 31.4 Å². The first-order valence-electron chi connectivity index (χ1n) is 7.32. The van der Waals surface area contributed by atoms with Crippen molar-refractivity contribution in [1.29, 1.82) is 0 Å². The lowest BCUT2D eigenvalue weighted by Gasteiger charge is -2.35. The summed E-state index contributed by atoms with van der Waals surface area (Å²) < 4.78 is 10.8. The van der Waals surface area contributed by atoms with Crippen molar-refractivity contribution >= 4 is 18.3 Å². The second kappa shape index (κ2) is 8.36. The minimum Gasteiger partial charge on any atom is -0.497 e. The van der Waals surface area contributed by atoms with Crippen molar-refractivity contribution in [3.63, 3.8) is 0 Å². The van der Waals surface area contributed by atoms with Crippen LogP contribution in [-0.2, 0) is 9.53 Å². The molecule has 2 N–H and O–H groups in total. The zero-order valence-electron chi connectivity index (χ0n) is 13.3. The van der Waals surface area contributed by atoms with Gasteiger partial charge in [0.2, 0.25) is 0 Å². The highest BCUT2D eigenvalue weighted by Gasteiger charge is 2.40. The van der Waals surface area contributed by atoms with Gasteiger partial charge in [-0.05, 0) is 50.6 Å². The summed E-state index contributed by atoms with van der Waals surface area (Å²) in [6.07, 6.45) is 1.39. The molecule has 1 atom stereocenters. The van der Waals surface area contributed by atoms with Gasteiger partial charge in [0, 0.05) is 7.11 Å². The van der Waals surface area contributed by atoms with Gasteiger partial charge in [0.25, 0.3) is 5.91 Å². The van der Waals surface area contributed by atoms with Gasteiger partial charge in [-0.1, -0.05) is 12.1 Å². The summed E-state index contributed by atoms with van der Waals surface area (Å²) in [5.74, 6) is 0.749. The zero-order valence-corrected chi connectivity index (χ0v) is 14.2. The van der Waals surface area contributed by atoms with Crippen LogP contribution >= 0.6 is 12.4 Å². The number of hydrogen-bond acceptors (Lipinski definition) is 4. The molecular weight excluding hydrogens is 304 g/mol. The number of piperidine rings is 1. The van der Waals surface area contributed by atoms with E-state index < -0.39 is 5.60 Å². The lowest BCUT2D eigenvalue weighted by atomic mass is 9.90. The van der Waals surface area contributed by atoms with Crippen LogP contribution in [0.15, 0.2) is 24.3 Å². The maximum absolute atomic E-state index is 12.6. The van der Waals surface area contributed by atoms with Gasteiger partial charge in [-0.2, -0.15) is 0 Å².